The number of allylic oxidation sites excluding steroid dienone is 1. The largest absolute Gasteiger partial charge is 0.494 e. The minimum atomic E-state index is -0.454. The molecule has 0 spiro atoms. The van der Waals surface area contributed by atoms with E-state index in [1.54, 1.807) is 11.6 Å². The minimum Gasteiger partial charge on any atom is -0.494 e. The first-order chi connectivity index (χ1) is 11.2. The van der Waals surface area contributed by atoms with Gasteiger partial charge in [0.1, 0.15) is 11.8 Å². The van der Waals surface area contributed by atoms with Gasteiger partial charge in [0.15, 0.2) is 0 Å². The van der Waals surface area contributed by atoms with Crippen LogP contribution in [0.3, 0.4) is 0 Å². The standard InChI is InChI=1S/C15H17N5O3/c1-4-23-11-7-5-10(6-8-11)13-12(14(21)22-3)9(2)16-15-17-18-19-20(13)15/h5-8,13H,4H2,1-3H3,(H,16,17,19)/t13-/m1/s1. The molecular weight excluding hydrogens is 298 g/mol. The van der Waals surface area contributed by atoms with Gasteiger partial charge in [-0.05, 0) is 42.0 Å². The third kappa shape index (κ3) is 2.63. The summed E-state index contributed by atoms with van der Waals surface area (Å²) in [5.74, 6) is 0.825. The lowest BCUT2D eigenvalue weighted by Crippen LogP contribution is -2.29. The average Bonchev–Trinajstić information content (AvgIpc) is 3.02. The van der Waals surface area contributed by atoms with E-state index in [9.17, 15) is 4.79 Å². The first-order valence-corrected chi connectivity index (χ1v) is 7.22. The molecule has 2 heterocycles. The summed E-state index contributed by atoms with van der Waals surface area (Å²) < 4.78 is 11.9. The second kappa shape index (κ2) is 6.07. The highest BCUT2D eigenvalue weighted by molar-refractivity contribution is 5.92. The van der Waals surface area contributed by atoms with E-state index in [1.165, 1.54) is 7.11 Å². The Morgan fingerprint density at radius 3 is 2.74 bits per heavy atom. The zero-order chi connectivity index (χ0) is 16.4. The van der Waals surface area contributed by atoms with E-state index in [-0.39, 0.29) is 0 Å². The van der Waals surface area contributed by atoms with Crippen molar-refractivity contribution in [1.29, 1.82) is 0 Å². The normalized spacial score (nSPS) is 16.6. The van der Waals surface area contributed by atoms with Crippen LogP contribution in [0, 0.1) is 0 Å². The molecule has 8 heteroatoms. The van der Waals surface area contributed by atoms with Crippen LogP contribution in [0.1, 0.15) is 25.5 Å². The molecule has 8 nitrogen and oxygen atoms in total. The van der Waals surface area contributed by atoms with E-state index >= 15 is 0 Å². The monoisotopic (exact) mass is 315 g/mol. The summed E-state index contributed by atoms with van der Waals surface area (Å²) in [7, 11) is 1.35. The Kier molecular flexibility index (Phi) is 3.96. The van der Waals surface area contributed by atoms with Crippen LogP contribution in [0.2, 0.25) is 0 Å². The third-order valence-corrected chi connectivity index (χ3v) is 3.63. The van der Waals surface area contributed by atoms with Crippen molar-refractivity contribution >= 4 is 11.9 Å². The molecule has 0 unspecified atom stereocenters. The molecule has 2 aromatic rings. The Morgan fingerprint density at radius 2 is 2.09 bits per heavy atom. The van der Waals surface area contributed by atoms with Gasteiger partial charge in [-0.25, -0.2) is 4.79 Å². The predicted molar refractivity (Wildman–Crippen MR) is 81.9 cm³/mol. The number of rotatable bonds is 4. The first-order valence-electron chi connectivity index (χ1n) is 7.22. The number of nitrogens with one attached hydrogen (secondary N) is 1. The molecule has 0 amide bonds. The van der Waals surface area contributed by atoms with Gasteiger partial charge < -0.3 is 14.8 Å². The van der Waals surface area contributed by atoms with Crippen LogP contribution in [-0.2, 0) is 9.53 Å². The quantitative estimate of drug-likeness (QED) is 0.855. The smallest absolute Gasteiger partial charge is 0.338 e. The highest BCUT2D eigenvalue weighted by Crippen LogP contribution is 2.35. The number of fused-ring (bicyclic) bond motifs is 1. The van der Waals surface area contributed by atoms with Crippen LogP contribution in [0.25, 0.3) is 0 Å². The minimum absolute atomic E-state index is 0.421. The summed E-state index contributed by atoms with van der Waals surface area (Å²) in [5, 5.41) is 14.6. The summed E-state index contributed by atoms with van der Waals surface area (Å²) in [5.41, 5.74) is 2.00. The second-order valence-corrected chi connectivity index (χ2v) is 5.01. The Hall–Kier alpha value is -2.90. The number of hydrogen-bond donors (Lipinski definition) is 1. The summed E-state index contributed by atoms with van der Waals surface area (Å²) >= 11 is 0. The van der Waals surface area contributed by atoms with Gasteiger partial charge in [0.25, 0.3) is 0 Å². The fourth-order valence-corrected chi connectivity index (χ4v) is 2.61. The maximum atomic E-state index is 12.2. The highest BCUT2D eigenvalue weighted by atomic mass is 16.5. The van der Waals surface area contributed by atoms with Gasteiger partial charge in [-0.15, -0.1) is 0 Å². The summed E-state index contributed by atoms with van der Waals surface area (Å²) in [6.45, 7) is 4.32. The van der Waals surface area contributed by atoms with E-state index in [2.05, 4.69) is 20.8 Å². The fraction of sp³-hybridized carbons (Fsp3) is 0.333. The molecule has 1 aromatic heterocycles. The molecule has 23 heavy (non-hydrogen) atoms. The number of anilines is 1. The maximum Gasteiger partial charge on any atom is 0.338 e. The van der Waals surface area contributed by atoms with Crippen molar-refractivity contribution in [2.24, 2.45) is 0 Å². The van der Waals surface area contributed by atoms with Crippen molar-refractivity contribution in [1.82, 2.24) is 20.2 Å². The first kappa shape index (κ1) is 15.0. The zero-order valence-electron chi connectivity index (χ0n) is 13.1. The van der Waals surface area contributed by atoms with Crippen molar-refractivity contribution in [2.75, 3.05) is 19.0 Å². The van der Waals surface area contributed by atoms with E-state index in [0.717, 1.165) is 11.3 Å². The number of benzene rings is 1. The number of hydrogen-bond acceptors (Lipinski definition) is 7. The lowest BCUT2D eigenvalue weighted by Gasteiger charge is -2.27. The number of nitrogens with zero attached hydrogens (tertiary/aromatic N) is 4. The van der Waals surface area contributed by atoms with Crippen molar-refractivity contribution in [3.8, 4) is 5.75 Å². The van der Waals surface area contributed by atoms with Crippen molar-refractivity contribution < 1.29 is 14.3 Å². The summed E-state index contributed by atoms with van der Waals surface area (Å²) in [4.78, 5) is 12.2. The van der Waals surface area contributed by atoms with Crippen LogP contribution in [0.15, 0.2) is 35.5 Å². The van der Waals surface area contributed by atoms with Gasteiger partial charge in [0.05, 0.1) is 19.3 Å². The summed E-state index contributed by atoms with van der Waals surface area (Å²) in [6.07, 6.45) is 0. The SMILES string of the molecule is CCOc1ccc([C@@H]2C(C(=O)OC)=C(C)Nc3nnnn32)cc1. The van der Waals surface area contributed by atoms with Crippen LogP contribution in [0.5, 0.6) is 5.75 Å². The van der Waals surface area contributed by atoms with E-state index in [1.807, 2.05) is 31.2 Å². The van der Waals surface area contributed by atoms with Crippen LogP contribution >= 0.6 is 0 Å². The molecular formula is C15H17N5O3. The molecule has 1 aliphatic rings. The number of carbonyl (C=O) groups excluding carboxylic acids is 1. The van der Waals surface area contributed by atoms with Crippen molar-refractivity contribution in [3.05, 3.63) is 41.1 Å². The Balaban J connectivity index is 2.07. The third-order valence-electron chi connectivity index (χ3n) is 3.63. The highest BCUT2D eigenvalue weighted by Gasteiger charge is 2.34. The van der Waals surface area contributed by atoms with Crippen LogP contribution in [-0.4, -0.2) is 39.9 Å². The van der Waals surface area contributed by atoms with Crippen LogP contribution < -0.4 is 10.1 Å². The number of tetrazole rings is 1. The molecule has 0 fully saturated rings. The van der Waals surface area contributed by atoms with Gasteiger partial charge in [-0.3, -0.25) is 0 Å². The molecule has 1 atom stereocenters. The zero-order valence-corrected chi connectivity index (χ0v) is 13.1. The Morgan fingerprint density at radius 1 is 1.35 bits per heavy atom. The topological polar surface area (TPSA) is 91.2 Å². The molecule has 0 aliphatic carbocycles. The maximum absolute atomic E-state index is 12.2. The lowest BCUT2D eigenvalue weighted by molar-refractivity contribution is -0.136. The molecule has 0 saturated heterocycles. The number of aromatic nitrogens is 4. The Labute approximate surface area is 133 Å². The molecule has 1 N–H and O–H groups in total. The molecule has 3 rings (SSSR count). The molecule has 0 bridgehead atoms. The molecule has 0 saturated carbocycles. The van der Waals surface area contributed by atoms with Gasteiger partial charge >= 0.3 is 5.97 Å². The fourth-order valence-electron chi connectivity index (χ4n) is 2.61. The Bertz CT molecular complexity index is 751. The van der Waals surface area contributed by atoms with Crippen LogP contribution in [0.4, 0.5) is 5.95 Å². The average molecular weight is 315 g/mol. The molecule has 120 valence electrons. The van der Waals surface area contributed by atoms with Gasteiger partial charge in [0, 0.05) is 5.70 Å². The van der Waals surface area contributed by atoms with Gasteiger partial charge in [-0.2, -0.15) is 4.68 Å². The van der Waals surface area contributed by atoms with E-state index in [0.29, 0.717) is 23.8 Å². The number of methoxy groups -OCH3 is 1. The second-order valence-electron chi connectivity index (χ2n) is 5.01. The summed E-state index contributed by atoms with van der Waals surface area (Å²) in [6, 6.07) is 7.04. The lowest BCUT2D eigenvalue weighted by atomic mass is 9.96. The predicted octanol–water partition coefficient (Wildman–Crippen LogP) is 1.53. The van der Waals surface area contributed by atoms with Gasteiger partial charge in [0.2, 0.25) is 5.95 Å². The molecule has 0 radical (unpaired) electrons. The molecule has 1 aromatic carbocycles. The van der Waals surface area contributed by atoms with Crippen molar-refractivity contribution in [2.45, 2.75) is 19.9 Å². The number of carbonyl (C=O) groups is 1. The number of esters is 1. The van der Waals surface area contributed by atoms with E-state index < -0.39 is 12.0 Å². The van der Waals surface area contributed by atoms with Gasteiger partial charge in [-0.1, -0.05) is 17.2 Å². The number of ether oxygens (including phenoxy) is 2. The molecule has 1 aliphatic heterocycles. The van der Waals surface area contributed by atoms with Crippen molar-refractivity contribution in [3.63, 3.8) is 0 Å². The van der Waals surface area contributed by atoms with E-state index in [4.69, 9.17) is 9.47 Å².